The maximum Gasteiger partial charge on any atom is 0.152 e. The van der Waals surface area contributed by atoms with E-state index in [0.29, 0.717) is 26.1 Å². The molecule has 0 saturated heterocycles. The highest BCUT2D eigenvalue weighted by Crippen LogP contribution is 1.97. The summed E-state index contributed by atoms with van der Waals surface area (Å²) in [6, 6.07) is 0. The van der Waals surface area contributed by atoms with Gasteiger partial charge < -0.3 is 9.29 Å². The Morgan fingerprint density at radius 3 is 2.19 bits per heavy atom. The number of unbranched alkanes of at least 4 members (excludes halogenated alkanes) is 2. The molecule has 1 N–H and O–H groups in total. The van der Waals surface area contributed by atoms with Gasteiger partial charge in [0, 0.05) is 31.0 Å². The second-order valence-corrected chi connectivity index (χ2v) is 6.99. The van der Waals surface area contributed by atoms with E-state index in [2.05, 4.69) is 0 Å². The molecule has 0 heterocycles. The lowest BCUT2D eigenvalue weighted by atomic mass is 10.3. The van der Waals surface area contributed by atoms with E-state index in [1.165, 1.54) is 6.26 Å². The third-order valence-corrected chi connectivity index (χ3v) is 3.58. The monoisotopic (exact) mass is 272 g/mol. The molecule has 5 nitrogen and oxygen atoms in total. The van der Waals surface area contributed by atoms with Crippen LogP contribution < -0.4 is 0 Å². The molecule has 1 unspecified atom stereocenters. The van der Waals surface area contributed by atoms with Crippen LogP contribution in [-0.4, -0.2) is 48.2 Å². The first kappa shape index (κ1) is 16.0. The Labute approximate surface area is 99.8 Å². The molecule has 0 aromatic rings. The summed E-state index contributed by atoms with van der Waals surface area (Å²) >= 11 is -1.71. The van der Waals surface area contributed by atoms with E-state index in [9.17, 15) is 12.6 Å². The van der Waals surface area contributed by atoms with Crippen molar-refractivity contribution in [1.82, 2.24) is 0 Å². The van der Waals surface area contributed by atoms with Gasteiger partial charge in [0.25, 0.3) is 0 Å². The fraction of sp³-hybridized carbons (Fsp3) is 1.00. The molecule has 98 valence electrons. The molecular formula is C9H20O5S2. The number of rotatable bonds is 10. The molecular weight excluding hydrogens is 252 g/mol. The molecule has 0 aromatic carbocycles. The first-order valence-electron chi connectivity index (χ1n) is 5.25. The Kier molecular flexibility index (Phi) is 9.10. The minimum Gasteiger partial charge on any atom is -0.381 e. The van der Waals surface area contributed by atoms with Gasteiger partial charge in [-0.3, -0.25) is 0 Å². The number of sulfone groups is 1. The van der Waals surface area contributed by atoms with Crippen LogP contribution in [0.2, 0.25) is 0 Å². The van der Waals surface area contributed by atoms with E-state index in [-0.39, 0.29) is 11.5 Å². The summed E-state index contributed by atoms with van der Waals surface area (Å²) in [5.41, 5.74) is 0. The van der Waals surface area contributed by atoms with Gasteiger partial charge in [-0.05, 0) is 25.7 Å². The first-order valence-corrected chi connectivity index (χ1v) is 8.58. The van der Waals surface area contributed by atoms with Crippen molar-refractivity contribution in [2.75, 3.05) is 31.0 Å². The lowest BCUT2D eigenvalue weighted by Crippen LogP contribution is -2.05. The van der Waals surface area contributed by atoms with Crippen LogP contribution >= 0.6 is 0 Å². The predicted octanol–water partition coefficient (Wildman–Crippen LogP) is 0.830. The Morgan fingerprint density at radius 1 is 1.12 bits per heavy atom. The molecule has 0 aromatic heterocycles. The zero-order chi connectivity index (χ0) is 12.4. The van der Waals surface area contributed by atoms with Gasteiger partial charge in [0.2, 0.25) is 0 Å². The van der Waals surface area contributed by atoms with Crippen molar-refractivity contribution in [2.24, 2.45) is 0 Å². The number of hydrogen-bond donors (Lipinski definition) is 1. The zero-order valence-electron chi connectivity index (χ0n) is 9.55. The van der Waals surface area contributed by atoms with E-state index in [1.54, 1.807) is 0 Å². The molecule has 0 fully saturated rings. The van der Waals surface area contributed by atoms with Crippen LogP contribution in [0.4, 0.5) is 0 Å². The van der Waals surface area contributed by atoms with Crippen molar-refractivity contribution in [1.29, 1.82) is 0 Å². The predicted molar refractivity (Wildman–Crippen MR) is 64.6 cm³/mol. The van der Waals surface area contributed by atoms with Crippen molar-refractivity contribution in [3.63, 3.8) is 0 Å². The summed E-state index contributed by atoms with van der Waals surface area (Å²) in [6.07, 6.45) is 4.02. The van der Waals surface area contributed by atoms with E-state index in [4.69, 9.17) is 9.29 Å². The van der Waals surface area contributed by atoms with Gasteiger partial charge in [-0.2, -0.15) is 0 Å². The van der Waals surface area contributed by atoms with Crippen LogP contribution in [0.15, 0.2) is 0 Å². The molecule has 0 saturated carbocycles. The van der Waals surface area contributed by atoms with Gasteiger partial charge >= 0.3 is 0 Å². The second kappa shape index (κ2) is 9.09. The molecule has 0 spiro atoms. The first-order chi connectivity index (χ1) is 7.42. The zero-order valence-corrected chi connectivity index (χ0v) is 11.2. The van der Waals surface area contributed by atoms with E-state index in [0.717, 1.165) is 12.8 Å². The van der Waals surface area contributed by atoms with Gasteiger partial charge in [0.15, 0.2) is 11.1 Å². The molecule has 0 aliphatic carbocycles. The van der Waals surface area contributed by atoms with Crippen molar-refractivity contribution in [2.45, 2.75) is 25.7 Å². The highest BCUT2D eigenvalue weighted by atomic mass is 32.2. The molecule has 0 aliphatic rings. The third-order valence-electron chi connectivity index (χ3n) is 1.91. The van der Waals surface area contributed by atoms with E-state index < -0.39 is 20.9 Å². The lowest BCUT2D eigenvalue weighted by molar-refractivity contribution is 0.128. The molecule has 1 atom stereocenters. The smallest absolute Gasteiger partial charge is 0.152 e. The molecule has 0 aliphatic heterocycles. The Bertz CT molecular complexity index is 286. The van der Waals surface area contributed by atoms with Crippen molar-refractivity contribution in [3.05, 3.63) is 0 Å². The quantitative estimate of drug-likeness (QED) is 0.470. The topological polar surface area (TPSA) is 80.7 Å². The summed E-state index contributed by atoms with van der Waals surface area (Å²) in [5, 5.41) is 0. The average Bonchev–Trinajstić information content (AvgIpc) is 2.13. The van der Waals surface area contributed by atoms with Crippen molar-refractivity contribution < 1.29 is 21.9 Å². The van der Waals surface area contributed by atoms with Crippen LogP contribution in [0.5, 0.6) is 0 Å². The second-order valence-electron chi connectivity index (χ2n) is 3.68. The van der Waals surface area contributed by atoms with E-state index >= 15 is 0 Å². The Morgan fingerprint density at radius 2 is 1.69 bits per heavy atom. The Balaban J connectivity index is 3.13. The molecule has 0 bridgehead atoms. The maximum atomic E-state index is 10.8. The van der Waals surface area contributed by atoms with Gasteiger partial charge in [-0.15, -0.1) is 0 Å². The van der Waals surface area contributed by atoms with Crippen LogP contribution in [0, 0.1) is 0 Å². The van der Waals surface area contributed by atoms with Crippen LogP contribution in [0.3, 0.4) is 0 Å². The fourth-order valence-corrected chi connectivity index (χ4v) is 2.28. The molecule has 16 heavy (non-hydrogen) atoms. The average molecular weight is 272 g/mol. The fourth-order valence-electron chi connectivity index (χ4n) is 1.10. The SMILES string of the molecule is CS(=O)(=O)CCCCOCCCCS(=O)O. The van der Waals surface area contributed by atoms with Crippen LogP contribution in [-0.2, 0) is 25.7 Å². The largest absolute Gasteiger partial charge is 0.381 e. The Hall–Kier alpha value is 0.0200. The summed E-state index contributed by atoms with van der Waals surface area (Å²) in [7, 11) is -2.85. The van der Waals surface area contributed by atoms with Gasteiger partial charge in [-0.25, -0.2) is 12.6 Å². The summed E-state index contributed by atoms with van der Waals surface area (Å²) in [6.45, 7) is 1.12. The minimum absolute atomic E-state index is 0.208. The van der Waals surface area contributed by atoms with E-state index in [1.807, 2.05) is 0 Å². The van der Waals surface area contributed by atoms with Crippen molar-refractivity contribution in [3.8, 4) is 0 Å². The highest BCUT2D eigenvalue weighted by Gasteiger charge is 2.00. The summed E-state index contributed by atoms with van der Waals surface area (Å²) in [4.78, 5) is 0. The summed E-state index contributed by atoms with van der Waals surface area (Å²) < 4.78 is 45.6. The molecule has 0 rings (SSSR count). The molecule has 0 amide bonds. The van der Waals surface area contributed by atoms with Crippen LogP contribution in [0.25, 0.3) is 0 Å². The van der Waals surface area contributed by atoms with Gasteiger partial charge in [0.1, 0.15) is 9.84 Å². The number of ether oxygens (including phenoxy) is 1. The normalized spacial score (nSPS) is 13.9. The maximum absolute atomic E-state index is 10.8. The highest BCUT2D eigenvalue weighted by molar-refractivity contribution is 7.90. The number of hydrogen-bond acceptors (Lipinski definition) is 4. The minimum atomic E-state index is -2.85. The van der Waals surface area contributed by atoms with Gasteiger partial charge in [0.05, 0.1) is 0 Å². The van der Waals surface area contributed by atoms with Crippen molar-refractivity contribution >= 4 is 20.9 Å². The summed E-state index contributed by atoms with van der Waals surface area (Å²) in [5.74, 6) is 0.497. The standard InChI is InChI=1S/C9H20O5S2/c1-16(12,13)9-5-3-7-14-6-2-4-8-15(10)11/h2-9H2,1H3,(H,10,11). The van der Waals surface area contributed by atoms with Gasteiger partial charge in [-0.1, -0.05) is 0 Å². The lowest BCUT2D eigenvalue weighted by Gasteiger charge is -2.03. The third kappa shape index (κ3) is 14.0. The molecule has 7 heteroatoms. The van der Waals surface area contributed by atoms with Crippen LogP contribution in [0.1, 0.15) is 25.7 Å². The molecule has 0 radical (unpaired) electrons.